The molecule has 0 saturated heterocycles. The first-order chi connectivity index (χ1) is 7.24. The second kappa shape index (κ2) is 4.12. The van der Waals surface area contributed by atoms with Gasteiger partial charge >= 0.3 is 5.51 Å². The molecular formula is C8H7F3N2O2S. The molecule has 1 unspecified atom stereocenters. The van der Waals surface area contributed by atoms with E-state index in [4.69, 9.17) is 0 Å². The second-order valence-electron chi connectivity index (χ2n) is 2.79. The predicted molar refractivity (Wildman–Crippen MR) is 53.0 cm³/mol. The lowest BCUT2D eigenvalue weighted by Crippen LogP contribution is -2.40. The Kier molecular flexibility index (Phi) is 3.22. The Morgan fingerprint density at radius 3 is 2.56 bits per heavy atom. The molecule has 0 saturated carbocycles. The predicted octanol–water partition coefficient (Wildman–Crippen LogP) is 0.963. The summed E-state index contributed by atoms with van der Waals surface area (Å²) in [6, 6.07) is 2.61. The molecule has 1 amide bonds. The van der Waals surface area contributed by atoms with Gasteiger partial charge in [-0.1, -0.05) is 0 Å². The maximum atomic E-state index is 12.1. The minimum atomic E-state index is -5.08. The minimum absolute atomic E-state index is 0.122. The first-order valence-electron chi connectivity index (χ1n) is 3.90. The Balaban J connectivity index is 2.89. The van der Waals surface area contributed by atoms with Gasteiger partial charge in [0.1, 0.15) is 9.71 Å². The van der Waals surface area contributed by atoms with Crippen molar-refractivity contribution in [2.45, 2.75) is 5.51 Å². The topological polar surface area (TPSA) is 59.1 Å². The Morgan fingerprint density at radius 1 is 1.50 bits per heavy atom. The molecule has 0 radical (unpaired) electrons. The number of carbonyl (C=O) groups is 1. The lowest BCUT2D eigenvalue weighted by Gasteiger charge is -2.13. The van der Waals surface area contributed by atoms with Crippen LogP contribution in [0.1, 0.15) is 10.4 Å². The molecule has 0 fully saturated rings. The zero-order valence-corrected chi connectivity index (χ0v) is 8.64. The van der Waals surface area contributed by atoms with Gasteiger partial charge in [-0.15, -0.1) is 0 Å². The van der Waals surface area contributed by atoms with Gasteiger partial charge in [-0.3, -0.25) is 14.5 Å². The van der Waals surface area contributed by atoms with E-state index in [9.17, 15) is 22.2 Å². The lowest BCUT2D eigenvalue weighted by atomic mass is 10.3. The Morgan fingerprint density at radius 2 is 2.12 bits per heavy atom. The molecule has 1 N–H and O–H groups in total. The SMILES string of the molecule is C=S(=O)(NC(=O)c1cccnc1)C(F)(F)F. The van der Waals surface area contributed by atoms with E-state index >= 15 is 0 Å². The van der Waals surface area contributed by atoms with Crippen molar-refractivity contribution < 1.29 is 22.2 Å². The van der Waals surface area contributed by atoms with Crippen molar-refractivity contribution in [3.63, 3.8) is 0 Å². The molecule has 0 aliphatic carbocycles. The quantitative estimate of drug-likeness (QED) is 0.798. The smallest absolute Gasteiger partial charge is 0.272 e. The molecule has 0 bridgehead atoms. The largest absolute Gasteiger partial charge is 0.481 e. The highest BCUT2D eigenvalue weighted by Crippen LogP contribution is 2.21. The molecule has 0 aromatic carbocycles. The number of nitrogens with one attached hydrogen (secondary N) is 1. The summed E-state index contributed by atoms with van der Waals surface area (Å²) >= 11 is 0. The van der Waals surface area contributed by atoms with Crippen LogP contribution in [0.5, 0.6) is 0 Å². The summed E-state index contributed by atoms with van der Waals surface area (Å²) in [7, 11) is -4.67. The third kappa shape index (κ3) is 2.72. The van der Waals surface area contributed by atoms with Crippen LogP contribution in [0, 0.1) is 0 Å². The lowest BCUT2D eigenvalue weighted by molar-refractivity contribution is -0.0401. The highest BCUT2D eigenvalue weighted by Gasteiger charge is 2.40. The highest BCUT2D eigenvalue weighted by atomic mass is 32.2. The molecule has 4 nitrogen and oxygen atoms in total. The van der Waals surface area contributed by atoms with Gasteiger partial charge < -0.3 is 0 Å². The molecule has 0 aliphatic heterocycles. The molecule has 88 valence electrons. The standard InChI is InChI=1S/C8H7F3N2O2S/c1-16(15,8(9,10)11)13-7(14)6-3-2-4-12-5-6/h2-5H,1H2,(H,13,14,15). The molecule has 1 aromatic rings. The van der Waals surface area contributed by atoms with Crippen molar-refractivity contribution in [1.82, 2.24) is 9.71 Å². The number of carbonyl (C=O) groups excluding carboxylic acids is 1. The number of nitrogens with zero attached hydrogens (tertiary/aromatic N) is 1. The number of rotatable bonds is 2. The van der Waals surface area contributed by atoms with Gasteiger partial charge in [-0.05, 0) is 18.0 Å². The average molecular weight is 252 g/mol. The molecule has 1 rings (SSSR count). The summed E-state index contributed by atoms with van der Waals surface area (Å²) in [4.78, 5) is 14.8. The van der Waals surface area contributed by atoms with Crippen LogP contribution < -0.4 is 4.72 Å². The van der Waals surface area contributed by atoms with Crippen LogP contribution in [0.25, 0.3) is 0 Å². The van der Waals surface area contributed by atoms with Crippen molar-refractivity contribution in [3.05, 3.63) is 30.1 Å². The second-order valence-corrected chi connectivity index (χ2v) is 4.81. The molecule has 1 atom stereocenters. The maximum Gasteiger partial charge on any atom is 0.481 e. The van der Waals surface area contributed by atoms with E-state index in [2.05, 4.69) is 10.9 Å². The van der Waals surface area contributed by atoms with Crippen LogP contribution in [0.15, 0.2) is 24.5 Å². The number of amides is 1. The van der Waals surface area contributed by atoms with E-state index in [-0.39, 0.29) is 5.56 Å². The van der Waals surface area contributed by atoms with Crippen molar-refractivity contribution in [1.29, 1.82) is 0 Å². The van der Waals surface area contributed by atoms with E-state index < -0.39 is 21.1 Å². The summed E-state index contributed by atoms with van der Waals surface area (Å²) in [6.07, 6.45) is 2.41. The number of hydrogen-bond acceptors (Lipinski definition) is 3. The van der Waals surface area contributed by atoms with Crippen molar-refractivity contribution in [2.24, 2.45) is 0 Å². The van der Waals surface area contributed by atoms with Crippen LogP contribution in [0.2, 0.25) is 0 Å². The summed E-state index contributed by atoms with van der Waals surface area (Å²) in [5, 5.41) is 0. The Hall–Kier alpha value is -1.57. The van der Waals surface area contributed by atoms with Gasteiger partial charge in [-0.2, -0.15) is 13.2 Å². The third-order valence-electron chi connectivity index (χ3n) is 1.56. The number of halogens is 3. The van der Waals surface area contributed by atoms with Crippen molar-refractivity contribution in [2.75, 3.05) is 0 Å². The first kappa shape index (κ1) is 12.5. The van der Waals surface area contributed by atoms with Gasteiger partial charge in [0.2, 0.25) is 0 Å². The summed E-state index contributed by atoms with van der Waals surface area (Å²) in [6.45, 7) is 0. The summed E-state index contributed by atoms with van der Waals surface area (Å²) in [5.74, 6) is 1.32. The van der Waals surface area contributed by atoms with Crippen LogP contribution in [-0.4, -0.2) is 26.5 Å². The van der Waals surface area contributed by atoms with Crippen LogP contribution in [0.3, 0.4) is 0 Å². The number of aromatic nitrogens is 1. The Bertz CT molecular complexity index is 482. The molecule has 0 aliphatic rings. The van der Waals surface area contributed by atoms with Gasteiger partial charge in [-0.25, -0.2) is 4.21 Å². The van der Waals surface area contributed by atoms with Crippen LogP contribution in [0.4, 0.5) is 13.2 Å². The normalized spacial score (nSPS) is 15.2. The third-order valence-corrected chi connectivity index (χ3v) is 2.82. The molecule has 8 heteroatoms. The van der Waals surface area contributed by atoms with E-state index in [1.165, 1.54) is 23.1 Å². The van der Waals surface area contributed by atoms with Gasteiger partial charge in [0, 0.05) is 12.4 Å². The van der Waals surface area contributed by atoms with E-state index in [1.54, 1.807) is 0 Å². The Labute approximate surface area is 89.6 Å². The van der Waals surface area contributed by atoms with Gasteiger partial charge in [0.15, 0.2) is 0 Å². The fraction of sp³-hybridized carbons (Fsp3) is 0.125. The fourth-order valence-electron chi connectivity index (χ4n) is 0.764. The first-order valence-corrected chi connectivity index (χ1v) is 5.62. The minimum Gasteiger partial charge on any atom is -0.272 e. The van der Waals surface area contributed by atoms with Crippen LogP contribution >= 0.6 is 0 Å². The maximum absolute atomic E-state index is 12.1. The van der Waals surface area contributed by atoms with Crippen molar-refractivity contribution in [3.8, 4) is 0 Å². The number of pyridine rings is 1. The zero-order chi connectivity index (χ0) is 12.4. The summed E-state index contributed by atoms with van der Waals surface area (Å²) in [5.41, 5.74) is -5.20. The molecule has 16 heavy (non-hydrogen) atoms. The molecular weight excluding hydrogens is 245 g/mol. The zero-order valence-electron chi connectivity index (χ0n) is 7.82. The van der Waals surface area contributed by atoms with Crippen LogP contribution in [-0.2, 0) is 9.71 Å². The monoisotopic (exact) mass is 252 g/mol. The molecule has 1 heterocycles. The van der Waals surface area contributed by atoms with E-state index in [1.807, 2.05) is 0 Å². The van der Waals surface area contributed by atoms with Gasteiger partial charge in [0.05, 0.1) is 5.56 Å². The number of alkyl halides is 3. The summed E-state index contributed by atoms with van der Waals surface area (Å²) < 4.78 is 48.8. The number of hydrogen-bond donors (Lipinski definition) is 1. The van der Waals surface area contributed by atoms with Crippen molar-refractivity contribution >= 4 is 21.5 Å². The van der Waals surface area contributed by atoms with E-state index in [0.717, 1.165) is 6.20 Å². The molecule has 1 aromatic heterocycles. The fourth-order valence-corrected chi connectivity index (χ4v) is 1.30. The van der Waals surface area contributed by atoms with Gasteiger partial charge in [0.25, 0.3) is 5.91 Å². The van der Waals surface area contributed by atoms with E-state index in [0.29, 0.717) is 0 Å². The average Bonchev–Trinajstić information content (AvgIpc) is 2.16. The highest BCUT2D eigenvalue weighted by molar-refractivity contribution is 7.99. The molecule has 0 spiro atoms.